The van der Waals surface area contributed by atoms with Crippen LogP contribution in [-0.4, -0.2) is 44.9 Å². The Balaban J connectivity index is 5.61. The molecule has 20 heavy (non-hydrogen) atoms. The zero-order valence-electron chi connectivity index (χ0n) is 9.79. The molecule has 0 saturated heterocycles. The molecule has 112 valence electrons. The van der Waals surface area contributed by atoms with E-state index in [1.807, 2.05) is 10.7 Å². The highest BCUT2D eigenvalue weighted by molar-refractivity contribution is 5.74. The lowest BCUT2D eigenvalue weighted by Gasteiger charge is -2.31. The van der Waals surface area contributed by atoms with E-state index in [0.29, 0.717) is 0 Å². The summed E-state index contributed by atoms with van der Waals surface area (Å²) < 4.78 is 0. The van der Waals surface area contributed by atoms with Gasteiger partial charge in [-0.2, -0.15) is 0 Å². The van der Waals surface area contributed by atoms with Crippen molar-refractivity contribution in [3.63, 3.8) is 0 Å². The number of carboxylic acid groups (broad SMARTS) is 3. The summed E-state index contributed by atoms with van der Waals surface area (Å²) in [5, 5.41) is 29.9. The van der Waals surface area contributed by atoms with Gasteiger partial charge >= 0.3 is 17.9 Å². The molecule has 0 rings (SSSR count). The summed E-state index contributed by atoms with van der Waals surface area (Å²) in [7, 11) is 0. The van der Waals surface area contributed by atoms with E-state index in [1.54, 1.807) is 0 Å². The van der Waals surface area contributed by atoms with Crippen LogP contribution < -0.4 is 0 Å². The van der Waals surface area contributed by atoms with Gasteiger partial charge in [-0.15, -0.1) is 9.81 Å². The number of hydrogen-bond donors (Lipinski definition) is 3. The minimum Gasteiger partial charge on any atom is -0.481 e. The monoisotopic (exact) mass is 294 g/mol. The standard InChI is InChI=1S/C8H10N2O10/c11-5(12)1-4(19-9-17)8(20-10-18,2-6(13)14)3-7(15)16/h4H,1-3H2,(H,11,12)(H,13,14)(H,15,16). The third-order valence-corrected chi connectivity index (χ3v) is 2.24. The molecule has 0 radical (unpaired) electrons. The van der Waals surface area contributed by atoms with Crippen LogP contribution in [0.2, 0.25) is 0 Å². The van der Waals surface area contributed by atoms with E-state index in [9.17, 15) is 24.2 Å². The van der Waals surface area contributed by atoms with Gasteiger partial charge in [-0.25, -0.2) is 0 Å². The number of rotatable bonds is 11. The molecule has 0 bridgehead atoms. The summed E-state index contributed by atoms with van der Waals surface area (Å²) in [5.41, 5.74) is -2.48. The zero-order chi connectivity index (χ0) is 15.8. The third-order valence-electron chi connectivity index (χ3n) is 2.24. The topological polar surface area (TPSA) is 189 Å². The van der Waals surface area contributed by atoms with E-state index in [2.05, 4.69) is 9.68 Å². The summed E-state index contributed by atoms with van der Waals surface area (Å²) in [6, 6.07) is 0. The first kappa shape index (κ1) is 17.2. The molecule has 0 spiro atoms. The minimum absolute atomic E-state index is 1.03. The summed E-state index contributed by atoms with van der Waals surface area (Å²) in [6.07, 6.45) is -5.24. The molecule has 0 aromatic rings. The SMILES string of the molecule is O=NOC(CC(=O)O)C(CC(=O)O)(CC(=O)O)ON=O. The molecule has 0 amide bonds. The first-order valence-electron chi connectivity index (χ1n) is 4.92. The van der Waals surface area contributed by atoms with Crippen LogP contribution in [0.4, 0.5) is 0 Å². The first-order valence-corrected chi connectivity index (χ1v) is 4.92. The van der Waals surface area contributed by atoms with Crippen molar-refractivity contribution in [3.05, 3.63) is 9.81 Å². The predicted molar refractivity (Wildman–Crippen MR) is 57.0 cm³/mol. The van der Waals surface area contributed by atoms with E-state index in [4.69, 9.17) is 15.3 Å². The minimum atomic E-state index is -2.48. The molecule has 3 N–H and O–H groups in total. The summed E-state index contributed by atoms with van der Waals surface area (Å²) >= 11 is 0. The average Bonchev–Trinajstić information content (AvgIpc) is 2.26. The molecule has 0 aliphatic heterocycles. The second-order valence-electron chi connectivity index (χ2n) is 3.64. The molecule has 12 nitrogen and oxygen atoms in total. The number of carbonyl (C=O) groups is 3. The number of aliphatic carboxylic acids is 3. The maximum absolute atomic E-state index is 10.7. The van der Waals surface area contributed by atoms with Gasteiger partial charge in [0.25, 0.3) is 0 Å². The zero-order valence-corrected chi connectivity index (χ0v) is 9.79. The number of carboxylic acids is 3. The molecule has 1 atom stereocenters. The van der Waals surface area contributed by atoms with Gasteiger partial charge in [-0.1, -0.05) is 0 Å². The quantitative estimate of drug-likeness (QED) is 0.343. The summed E-state index contributed by atoms with van der Waals surface area (Å²) in [4.78, 5) is 60.7. The lowest BCUT2D eigenvalue weighted by atomic mass is 9.87. The van der Waals surface area contributed by atoms with Gasteiger partial charge < -0.3 is 25.0 Å². The molecule has 0 fully saturated rings. The normalized spacial score (nSPS) is 12.0. The Hall–Kier alpha value is -2.79. The van der Waals surface area contributed by atoms with Crippen molar-refractivity contribution >= 4 is 17.9 Å². The highest BCUT2D eigenvalue weighted by atomic mass is 16.8. The summed E-state index contributed by atoms with van der Waals surface area (Å²) in [6.45, 7) is 0. The maximum atomic E-state index is 10.7. The van der Waals surface area contributed by atoms with Crippen LogP contribution >= 0.6 is 0 Å². The van der Waals surface area contributed by atoms with Crippen LogP contribution in [0.15, 0.2) is 10.7 Å². The first-order chi connectivity index (χ1) is 9.27. The Morgan fingerprint density at radius 2 is 1.45 bits per heavy atom. The van der Waals surface area contributed by atoms with Crippen LogP contribution in [-0.2, 0) is 24.1 Å². The number of nitrogens with zero attached hydrogens (tertiary/aromatic N) is 2. The smallest absolute Gasteiger partial charge is 0.307 e. The lowest BCUT2D eigenvalue weighted by Crippen LogP contribution is -2.49. The van der Waals surface area contributed by atoms with Crippen LogP contribution in [0, 0.1) is 9.81 Å². The Labute approximate surface area is 110 Å². The second-order valence-corrected chi connectivity index (χ2v) is 3.64. The van der Waals surface area contributed by atoms with Gasteiger partial charge in [0.05, 0.1) is 19.3 Å². The largest absolute Gasteiger partial charge is 0.481 e. The van der Waals surface area contributed by atoms with Gasteiger partial charge in [-0.05, 0) is 0 Å². The van der Waals surface area contributed by atoms with Crippen LogP contribution in [0.25, 0.3) is 0 Å². The van der Waals surface area contributed by atoms with E-state index >= 15 is 0 Å². The fraction of sp³-hybridized carbons (Fsp3) is 0.625. The van der Waals surface area contributed by atoms with Gasteiger partial charge in [0.1, 0.15) is 0 Å². The Morgan fingerprint density at radius 3 is 1.75 bits per heavy atom. The lowest BCUT2D eigenvalue weighted by molar-refractivity contribution is -0.186. The molecule has 0 heterocycles. The summed E-state index contributed by atoms with van der Waals surface area (Å²) in [5.74, 6) is -4.81. The van der Waals surface area contributed by atoms with Crippen molar-refractivity contribution < 1.29 is 39.4 Å². The molecular weight excluding hydrogens is 284 g/mol. The van der Waals surface area contributed by atoms with Crippen molar-refractivity contribution in [2.24, 2.45) is 10.7 Å². The van der Waals surface area contributed by atoms with Crippen molar-refractivity contribution in [2.75, 3.05) is 0 Å². The molecule has 0 saturated carbocycles. The molecular formula is C8H10N2O10. The van der Waals surface area contributed by atoms with Crippen molar-refractivity contribution in [1.82, 2.24) is 0 Å². The van der Waals surface area contributed by atoms with Crippen molar-refractivity contribution in [3.8, 4) is 0 Å². The fourth-order valence-corrected chi connectivity index (χ4v) is 1.53. The molecule has 0 aromatic carbocycles. The average molecular weight is 294 g/mol. The van der Waals surface area contributed by atoms with Crippen LogP contribution in [0.3, 0.4) is 0 Å². The van der Waals surface area contributed by atoms with Crippen molar-refractivity contribution in [1.29, 1.82) is 0 Å². The van der Waals surface area contributed by atoms with Crippen LogP contribution in [0.1, 0.15) is 19.3 Å². The Bertz CT molecular complexity index is 392. The van der Waals surface area contributed by atoms with Crippen LogP contribution in [0.5, 0.6) is 0 Å². The third kappa shape index (κ3) is 5.24. The second kappa shape index (κ2) is 7.60. The molecule has 0 aromatic heterocycles. The van der Waals surface area contributed by atoms with Gasteiger partial charge in [0.2, 0.25) is 5.60 Å². The van der Waals surface area contributed by atoms with E-state index in [-0.39, 0.29) is 0 Å². The van der Waals surface area contributed by atoms with Gasteiger partial charge in [0, 0.05) is 0 Å². The fourth-order valence-electron chi connectivity index (χ4n) is 1.53. The van der Waals surface area contributed by atoms with E-state index in [1.165, 1.54) is 0 Å². The molecule has 0 aliphatic rings. The van der Waals surface area contributed by atoms with Gasteiger partial charge in [-0.3, -0.25) is 14.4 Å². The van der Waals surface area contributed by atoms with E-state index in [0.717, 1.165) is 0 Å². The highest BCUT2D eigenvalue weighted by Crippen LogP contribution is 2.30. The predicted octanol–water partition coefficient (Wildman–Crippen LogP) is -0.0861. The molecule has 12 heteroatoms. The maximum Gasteiger partial charge on any atom is 0.307 e. The van der Waals surface area contributed by atoms with E-state index < -0.39 is 48.9 Å². The number of hydrogen-bond acceptors (Lipinski definition) is 9. The molecule has 0 aliphatic carbocycles. The highest BCUT2D eigenvalue weighted by Gasteiger charge is 2.50. The Morgan fingerprint density at radius 1 is 0.950 bits per heavy atom. The van der Waals surface area contributed by atoms with Gasteiger partial charge in [0.15, 0.2) is 16.8 Å². The van der Waals surface area contributed by atoms with Crippen molar-refractivity contribution in [2.45, 2.75) is 31.0 Å². The Kier molecular flexibility index (Phi) is 6.54. The molecule has 1 unspecified atom stereocenters.